The number of hydrogen-bond donors (Lipinski definition) is 2. The van der Waals surface area contributed by atoms with E-state index < -0.39 is 11.7 Å². The van der Waals surface area contributed by atoms with E-state index in [1.165, 1.54) is 0 Å². The van der Waals surface area contributed by atoms with Crippen LogP contribution in [0.2, 0.25) is 0 Å². The SMILES string of the molecule is CC1OCCC(C)(O)C1O. The number of rotatable bonds is 0. The maximum atomic E-state index is 9.48. The second-order valence-electron chi connectivity index (χ2n) is 3.13. The van der Waals surface area contributed by atoms with Crippen LogP contribution in [0, 0.1) is 0 Å². The van der Waals surface area contributed by atoms with Crippen LogP contribution >= 0.6 is 0 Å². The Morgan fingerprint density at radius 2 is 2.20 bits per heavy atom. The molecule has 10 heavy (non-hydrogen) atoms. The molecule has 0 aromatic carbocycles. The summed E-state index contributed by atoms with van der Waals surface area (Å²) < 4.78 is 5.12. The fourth-order valence-electron chi connectivity index (χ4n) is 1.20. The predicted molar refractivity (Wildman–Crippen MR) is 36.7 cm³/mol. The molecule has 0 spiro atoms. The lowest BCUT2D eigenvalue weighted by Crippen LogP contribution is -2.51. The third-order valence-electron chi connectivity index (χ3n) is 2.07. The molecule has 3 unspecified atom stereocenters. The molecule has 0 aromatic rings. The predicted octanol–water partition coefficient (Wildman–Crippen LogP) is -0.0929. The van der Waals surface area contributed by atoms with Crippen LogP contribution in [-0.2, 0) is 4.74 Å². The molecule has 1 fully saturated rings. The molecule has 1 heterocycles. The topological polar surface area (TPSA) is 49.7 Å². The first-order chi connectivity index (χ1) is 4.54. The Kier molecular flexibility index (Phi) is 1.99. The van der Waals surface area contributed by atoms with Gasteiger partial charge in [0.15, 0.2) is 0 Å². The lowest BCUT2D eigenvalue weighted by atomic mass is 9.90. The van der Waals surface area contributed by atoms with E-state index >= 15 is 0 Å². The monoisotopic (exact) mass is 146 g/mol. The van der Waals surface area contributed by atoms with Crippen molar-refractivity contribution in [2.45, 2.75) is 38.1 Å². The van der Waals surface area contributed by atoms with Crippen molar-refractivity contribution in [3.63, 3.8) is 0 Å². The van der Waals surface area contributed by atoms with Gasteiger partial charge in [0.2, 0.25) is 0 Å². The highest BCUT2D eigenvalue weighted by atomic mass is 16.5. The van der Waals surface area contributed by atoms with Gasteiger partial charge in [-0.1, -0.05) is 0 Å². The standard InChI is InChI=1S/C7H14O3/c1-5-6(8)7(2,9)3-4-10-5/h5-6,8-9H,3-4H2,1-2H3. The van der Waals surface area contributed by atoms with Crippen molar-refractivity contribution >= 4 is 0 Å². The summed E-state index contributed by atoms with van der Waals surface area (Å²) in [5.74, 6) is 0. The summed E-state index contributed by atoms with van der Waals surface area (Å²) >= 11 is 0. The molecular weight excluding hydrogens is 132 g/mol. The average molecular weight is 146 g/mol. The fraction of sp³-hybridized carbons (Fsp3) is 1.00. The van der Waals surface area contributed by atoms with E-state index in [4.69, 9.17) is 4.74 Å². The molecule has 1 aliphatic rings. The largest absolute Gasteiger partial charge is 0.387 e. The number of hydrogen-bond acceptors (Lipinski definition) is 3. The van der Waals surface area contributed by atoms with Crippen molar-refractivity contribution in [2.75, 3.05) is 6.61 Å². The number of aliphatic hydroxyl groups is 2. The molecule has 0 saturated carbocycles. The van der Waals surface area contributed by atoms with Gasteiger partial charge in [-0.3, -0.25) is 0 Å². The molecule has 1 aliphatic heterocycles. The highest BCUT2D eigenvalue weighted by Crippen LogP contribution is 2.24. The Morgan fingerprint density at radius 1 is 1.60 bits per heavy atom. The highest BCUT2D eigenvalue weighted by molar-refractivity contribution is 4.88. The molecule has 0 radical (unpaired) electrons. The summed E-state index contributed by atoms with van der Waals surface area (Å²) in [6, 6.07) is 0. The van der Waals surface area contributed by atoms with Gasteiger partial charge in [-0.05, 0) is 13.8 Å². The molecule has 60 valence electrons. The van der Waals surface area contributed by atoms with Crippen LogP contribution in [0.4, 0.5) is 0 Å². The Labute approximate surface area is 60.6 Å². The van der Waals surface area contributed by atoms with E-state index in [2.05, 4.69) is 0 Å². The van der Waals surface area contributed by atoms with Crippen molar-refractivity contribution < 1.29 is 14.9 Å². The van der Waals surface area contributed by atoms with Crippen LogP contribution in [0.5, 0.6) is 0 Å². The van der Waals surface area contributed by atoms with Gasteiger partial charge in [0.1, 0.15) is 6.10 Å². The Balaban J connectivity index is 2.60. The first kappa shape index (κ1) is 7.98. The minimum Gasteiger partial charge on any atom is -0.387 e. The Bertz CT molecular complexity index is 122. The maximum Gasteiger partial charge on any atom is 0.108 e. The van der Waals surface area contributed by atoms with Crippen molar-refractivity contribution in [3.8, 4) is 0 Å². The molecule has 0 aromatic heterocycles. The normalized spacial score (nSPS) is 49.2. The van der Waals surface area contributed by atoms with Gasteiger partial charge in [-0.15, -0.1) is 0 Å². The van der Waals surface area contributed by atoms with Gasteiger partial charge in [0.25, 0.3) is 0 Å². The molecule has 3 heteroatoms. The van der Waals surface area contributed by atoms with E-state index in [1.807, 2.05) is 0 Å². The van der Waals surface area contributed by atoms with Crippen LogP contribution in [0.15, 0.2) is 0 Å². The van der Waals surface area contributed by atoms with Crippen LogP contribution in [0.25, 0.3) is 0 Å². The summed E-state index contributed by atoms with van der Waals surface area (Å²) in [5.41, 5.74) is -0.961. The van der Waals surface area contributed by atoms with Gasteiger partial charge in [-0.25, -0.2) is 0 Å². The zero-order valence-electron chi connectivity index (χ0n) is 6.37. The lowest BCUT2D eigenvalue weighted by molar-refractivity contribution is -0.175. The van der Waals surface area contributed by atoms with Gasteiger partial charge in [-0.2, -0.15) is 0 Å². The molecule has 3 nitrogen and oxygen atoms in total. The molecule has 0 amide bonds. The van der Waals surface area contributed by atoms with Gasteiger partial charge < -0.3 is 14.9 Å². The van der Waals surface area contributed by atoms with E-state index in [-0.39, 0.29) is 6.10 Å². The molecule has 0 bridgehead atoms. The van der Waals surface area contributed by atoms with Gasteiger partial charge >= 0.3 is 0 Å². The van der Waals surface area contributed by atoms with Crippen LogP contribution < -0.4 is 0 Å². The first-order valence-corrected chi connectivity index (χ1v) is 3.56. The molecule has 1 saturated heterocycles. The Morgan fingerprint density at radius 3 is 2.60 bits per heavy atom. The quantitative estimate of drug-likeness (QED) is 0.502. The fourth-order valence-corrected chi connectivity index (χ4v) is 1.20. The second kappa shape index (κ2) is 2.49. The zero-order chi connectivity index (χ0) is 7.78. The van der Waals surface area contributed by atoms with Crippen molar-refractivity contribution in [1.29, 1.82) is 0 Å². The number of aliphatic hydroxyl groups excluding tert-OH is 1. The smallest absolute Gasteiger partial charge is 0.108 e. The second-order valence-corrected chi connectivity index (χ2v) is 3.13. The third kappa shape index (κ3) is 1.31. The summed E-state index contributed by atoms with van der Waals surface area (Å²) in [6.07, 6.45) is -0.483. The molecule has 1 rings (SSSR count). The van der Waals surface area contributed by atoms with Gasteiger partial charge in [0.05, 0.1) is 11.7 Å². The highest BCUT2D eigenvalue weighted by Gasteiger charge is 2.38. The van der Waals surface area contributed by atoms with Crippen molar-refractivity contribution in [3.05, 3.63) is 0 Å². The van der Waals surface area contributed by atoms with Gasteiger partial charge in [0, 0.05) is 13.0 Å². The van der Waals surface area contributed by atoms with E-state index in [9.17, 15) is 10.2 Å². The zero-order valence-corrected chi connectivity index (χ0v) is 6.37. The van der Waals surface area contributed by atoms with Crippen LogP contribution in [-0.4, -0.2) is 34.6 Å². The third-order valence-corrected chi connectivity index (χ3v) is 2.07. The van der Waals surface area contributed by atoms with Crippen LogP contribution in [0.1, 0.15) is 20.3 Å². The summed E-state index contributed by atoms with van der Waals surface area (Å²) in [6.45, 7) is 3.93. The number of ether oxygens (including phenoxy) is 1. The van der Waals surface area contributed by atoms with Crippen molar-refractivity contribution in [2.24, 2.45) is 0 Å². The maximum absolute atomic E-state index is 9.48. The first-order valence-electron chi connectivity index (χ1n) is 3.56. The summed E-state index contributed by atoms with van der Waals surface area (Å²) in [4.78, 5) is 0. The van der Waals surface area contributed by atoms with E-state index in [0.717, 1.165) is 0 Å². The van der Waals surface area contributed by atoms with E-state index in [1.54, 1.807) is 13.8 Å². The molecule has 3 atom stereocenters. The summed E-state index contributed by atoms with van der Waals surface area (Å²) in [5, 5.41) is 18.8. The van der Waals surface area contributed by atoms with Crippen molar-refractivity contribution in [1.82, 2.24) is 0 Å². The minimum absolute atomic E-state index is 0.247. The minimum atomic E-state index is -0.961. The average Bonchev–Trinajstić information content (AvgIpc) is 1.83. The Hall–Kier alpha value is -0.120. The molecular formula is C7H14O3. The molecule has 0 aliphatic carbocycles. The molecule has 2 N–H and O–H groups in total. The summed E-state index contributed by atoms with van der Waals surface area (Å²) in [7, 11) is 0. The lowest BCUT2D eigenvalue weighted by Gasteiger charge is -2.37. The van der Waals surface area contributed by atoms with E-state index in [0.29, 0.717) is 13.0 Å². The van der Waals surface area contributed by atoms with Crippen LogP contribution in [0.3, 0.4) is 0 Å².